The maximum atomic E-state index is 4.44. The van der Waals surface area contributed by atoms with Crippen molar-refractivity contribution in [3.63, 3.8) is 0 Å². The molecule has 2 aromatic heterocycles. The number of hydrogen-bond donors (Lipinski definition) is 1. The predicted octanol–water partition coefficient (Wildman–Crippen LogP) is 2.49. The minimum atomic E-state index is 0.820. The highest BCUT2D eigenvalue weighted by molar-refractivity contribution is 7.20. The Morgan fingerprint density at radius 2 is 2.06 bits per heavy atom. The Hall–Kier alpha value is -1.95. The van der Waals surface area contributed by atoms with Crippen molar-refractivity contribution in [3.8, 4) is 0 Å². The Labute approximate surface area is 102 Å². The second-order valence-corrected chi connectivity index (χ2v) is 4.52. The predicted molar refractivity (Wildman–Crippen MR) is 67.8 cm³/mol. The molecule has 6 heteroatoms. The highest BCUT2D eigenvalue weighted by atomic mass is 32.1. The second kappa shape index (κ2) is 4.14. The number of rotatable bonds is 3. The number of nitrogens with zero attached hydrogens (tertiary/aromatic N) is 4. The first-order chi connectivity index (χ1) is 8.36. The van der Waals surface area contributed by atoms with E-state index in [1.807, 2.05) is 37.3 Å². The van der Waals surface area contributed by atoms with E-state index in [2.05, 4.69) is 20.6 Å². The lowest BCUT2D eigenvalue weighted by atomic mass is 10.3. The third kappa shape index (κ3) is 1.87. The quantitative estimate of drug-likeness (QED) is 0.770. The molecular formula is C11H11N5S. The fraction of sp³-hybridized carbons (Fsp3) is 0.182. The largest absolute Gasteiger partial charge is 0.330 e. The maximum Gasteiger partial charge on any atom is 0.236 e. The summed E-state index contributed by atoms with van der Waals surface area (Å²) in [5, 5.41) is 16.7. The summed E-state index contributed by atoms with van der Waals surface area (Å²) in [7, 11) is 0. The van der Waals surface area contributed by atoms with Crippen molar-refractivity contribution in [1.82, 2.24) is 19.8 Å². The van der Waals surface area contributed by atoms with Gasteiger partial charge in [0.2, 0.25) is 10.1 Å². The van der Waals surface area contributed by atoms with Gasteiger partial charge in [-0.3, -0.25) is 0 Å². The number of aromatic nitrogens is 4. The Morgan fingerprint density at radius 3 is 2.82 bits per heavy atom. The lowest BCUT2D eigenvalue weighted by Crippen LogP contribution is -1.95. The molecule has 86 valence electrons. The Kier molecular flexibility index (Phi) is 2.49. The lowest BCUT2D eigenvalue weighted by molar-refractivity contribution is 0.838. The summed E-state index contributed by atoms with van der Waals surface area (Å²) in [4.78, 5) is 0.820. The second-order valence-electron chi connectivity index (χ2n) is 3.56. The standard InChI is InChI=1S/C11H11N5S/c1-2-9-13-14-11-16(9)15-10(17-11)12-8-6-4-3-5-7-8/h3-7H,2H2,1H3,(H,12,15). The monoisotopic (exact) mass is 245 g/mol. The van der Waals surface area contributed by atoms with Crippen LogP contribution < -0.4 is 5.32 Å². The van der Waals surface area contributed by atoms with Crippen molar-refractivity contribution in [2.75, 3.05) is 5.32 Å². The molecule has 3 aromatic rings. The molecule has 17 heavy (non-hydrogen) atoms. The first kappa shape index (κ1) is 10.2. The molecular weight excluding hydrogens is 234 g/mol. The van der Waals surface area contributed by atoms with E-state index in [0.717, 1.165) is 28.0 Å². The summed E-state index contributed by atoms with van der Waals surface area (Å²) in [6.45, 7) is 2.04. The summed E-state index contributed by atoms with van der Waals surface area (Å²) >= 11 is 1.50. The van der Waals surface area contributed by atoms with Crippen molar-refractivity contribution in [2.24, 2.45) is 0 Å². The molecule has 1 N–H and O–H groups in total. The number of benzene rings is 1. The highest BCUT2D eigenvalue weighted by Crippen LogP contribution is 2.22. The van der Waals surface area contributed by atoms with Gasteiger partial charge in [0.05, 0.1) is 0 Å². The topological polar surface area (TPSA) is 55.1 Å². The van der Waals surface area contributed by atoms with Crippen LogP contribution in [0.3, 0.4) is 0 Å². The van der Waals surface area contributed by atoms with E-state index in [1.165, 1.54) is 11.3 Å². The van der Waals surface area contributed by atoms with E-state index >= 15 is 0 Å². The molecule has 0 aliphatic heterocycles. The van der Waals surface area contributed by atoms with Crippen molar-refractivity contribution in [2.45, 2.75) is 13.3 Å². The van der Waals surface area contributed by atoms with E-state index in [-0.39, 0.29) is 0 Å². The zero-order valence-electron chi connectivity index (χ0n) is 9.29. The number of para-hydroxylation sites is 1. The minimum Gasteiger partial charge on any atom is -0.330 e. The normalized spacial score (nSPS) is 10.9. The van der Waals surface area contributed by atoms with Gasteiger partial charge in [-0.15, -0.1) is 15.3 Å². The molecule has 0 bridgehead atoms. The van der Waals surface area contributed by atoms with Crippen molar-refractivity contribution in [1.29, 1.82) is 0 Å². The average molecular weight is 245 g/mol. The van der Waals surface area contributed by atoms with Crippen LogP contribution >= 0.6 is 11.3 Å². The smallest absolute Gasteiger partial charge is 0.236 e. The first-order valence-electron chi connectivity index (χ1n) is 5.40. The van der Waals surface area contributed by atoms with Gasteiger partial charge in [-0.1, -0.05) is 36.5 Å². The van der Waals surface area contributed by atoms with Gasteiger partial charge < -0.3 is 5.32 Å². The number of aryl methyl sites for hydroxylation is 1. The summed E-state index contributed by atoms with van der Waals surface area (Å²) in [6, 6.07) is 9.96. The average Bonchev–Trinajstić information content (AvgIpc) is 2.89. The molecule has 0 atom stereocenters. The first-order valence-corrected chi connectivity index (χ1v) is 6.21. The zero-order chi connectivity index (χ0) is 11.7. The third-order valence-electron chi connectivity index (χ3n) is 2.40. The molecule has 0 amide bonds. The number of anilines is 2. The van der Waals surface area contributed by atoms with Crippen LogP contribution in [0, 0.1) is 0 Å². The molecule has 0 aliphatic carbocycles. The van der Waals surface area contributed by atoms with Gasteiger partial charge in [0, 0.05) is 12.1 Å². The molecule has 0 spiro atoms. The molecule has 3 rings (SSSR count). The molecule has 2 heterocycles. The molecule has 0 saturated heterocycles. The van der Waals surface area contributed by atoms with Gasteiger partial charge in [-0.05, 0) is 12.1 Å². The van der Waals surface area contributed by atoms with E-state index in [4.69, 9.17) is 0 Å². The van der Waals surface area contributed by atoms with Crippen LogP contribution in [0.5, 0.6) is 0 Å². The molecule has 0 aliphatic rings. The van der Waals surface area contributed by atoms with Crippen LogP contribution in [-0.2, 0) is 6.42 Å². The zero-order valence-corrected chi connectivity index (χ0v) is 10.1. The van der Waals surface area contributed by atoms with Crippen LogP contribution in [0.15, 0.2) is 30.3 Å². The van der Waals surface area contributed by atoms with Gasteiger partial charge >= 0.3 is 0 Å². The van der Waals surface area contributed by atoms with Gasteiger partial charge in [0.25, 0.3) is 0 Å². The van der Waals surface area contributed by atoms with Gasteiger partial charge in [0.15, 0.2) is 5.82 Å². The SMILES string of the molecule is CCc1nnc2sc(Nc3ccccc3)nn12. The lowest BCUT2D eigenvalue weighted by Gasteiger charge is -1.99. The van der Waals surface area contributed by atoms with Crippen LogP contribution in [0.1, 0.15) is 12.7 Å². The van der Waals surface area contributed by atoms with Crippen LogP contribution in [0.4, 0.5) is 10.8 Å². The summed E-state index contributed by atoms with van der Waals surface area (Å²) in [5.74, 6) is 0.886. The van der Waals surface area contributed by atoms with Gasteiger partial charge in [-0.2, -0.15) is 4.52 Å². The van der Waals surface area contributed by atoms with Crippen LogP contribution in [0.2, 0.25) is 0 Å². The molecule has 5 nitrogen and oxygen atoms in total. The van der Waals surface area contributed by atoms with E-state index in [9.17, 15) is 0 Å². The van der Waals surface area contributed by atoms with E-state index < -0.39 is 0 Å². The molecule has 0 fully saturated rings. The van der Waals surface area contributed by atoms with Gasteiger partial charge in [-0.25, -0.2) is 0 Å². The maximum absolute atomic E-state index is 4.44. The minimum absolute atomic E-state index is 0.820. The fourth-order valence-corrected chi connectivity index (χ4v) is 2.35. The number of fused-ring (bicyclic) bond motifs is 1. The van der Waals surface area contributed by atoms with Gasteiger partial charge in [0.1, 0.15) is 0 Å². The van der Waals surface area contributed by atoms with E-state index in [1.54, 1.807) is 4.52 Å². The number of hydrogen-bond acceptors (Lipinski definition) is 5. The van der Waals surface area contributed by atoms with Crippen molar-refractivity contribution in [3.05, 3.63) is 36.2 Å². The Balaban J connectivity index is 1.94. The fourth-order valence-electron chi connectivity index (χ4n) is 1.57. The van der Waals surface area contributed by atoms with Crippen molar-refractivity contribution >= 4 is 27.1 Å². The molecule has 0 radical (unpaired) electrons. The Bertz CT molecular complexity index is 628. The summed E-state index contributed by atoms with van der Waals surface area (Å²) < 4.78 is 1.79. The van der Waals surface area contributed by atoms with Crippen LogP contribution in [-0.4, -0.2) is 19.8 Å². The summed E-state index contributed by atoms with van der Waals surface area (Å²) in [5.41, 5.74) is 1.02. The molecule has 0 saturated carbocycles. The van der Waals surface area contributed by atoms with Crippen molar-refractivity contribution < 1.29 is 0 Å². The third-order valence-corrected chi connectivity index (χ3v) is 3.21. The van der Waals surface area contributed by atoms with E-state index in [0.29, 0.717) is 0 Å². The van der Waals surface area contributed by atoms with Crippen LogP contribution in [0.25, 0.3) is 4.96 Å². The Morgan fingerprint density at radius 1 is 1.24 bits per heavy atom. The number of nitrogens with one attached hydrogen (secondary N) is 1. The highest BCUT2D eigenvalue weighted by Gasteiger charge is 2.09. The molecule has 1 aromatic carbocycles. The summed E-state index contributed by atoms with van der Waals surface area (Å²) in [6.07, 6.45) is 0.829. The molecule has 0 unspecified atom stereocenters.